The Kier molecular flexibility index (Phi) is 4.55. The first-order valence-electron chi connectivity index (χ1n) is 9.58. The number of thiazole rings is 1. The third-order valence-electron chi connectivity index (χ3n) is 5.24. The molecule has 7 nitrogen and oxygen atoms in total. The largest absolute Gasteiger partial charge is 0.496 e. The van der Waals surface area contributed by atoms with E-state index in [0.717, 1.165) is 23.9 Å². The SMILES string of the molecule is COc1cc2[nH]c(-c3csc(N4CCCCC4)n3)cc(=O)c2cc1-c1cnco1. The molecular formula is C21H20N4O3S. The van der Waals surface area contributed by atoms with Crippen molar-refractivity contribution in [2.75, 3.05) is 25.1 Å². The van der Waals surface area contributed by atoms with Crippen LogP contribution in [0.25, 0.3) is 33.6 Å². The van der Waals surface area contributed by atoms with Crippen LogP contribution in [0, 0.1) is 0 Å². The molecule has 8 heteroatoms. The number of hydrogen-bond acceptors (Lipinski definition) is 7. The molecule has 0 amide bonds. The van der Waals surface area contributed by atoms with Crippen LogP contribution in [0.1, 0.15) is 19.3 Å². The van der Waals surface area contributed by atoms with E-state index < -0.39 is 0 Å². The van der Waals surface area contributed by atoms with E-state index in [2.05, 4.69) is 14.9 Å². The van der Waals surface area contributed by atoms with Crippen molar-refractivity contribution in [3.8, 4) is 28.5 Å². The maximum Gasteiger partial charge on any atom is 0.190 e. The molecule has 29 heavy (non-hydrogen) atoms. The zero-order valence-electron chi connectivity index (χ0n) is 16.0. The van der Waals surface area contributed by atoms with Crippen LogP contribution in [0.15, 0.2) is 45.4 Å². The lowest BCUT2D eigenvalue weighted by Gasteiger charge is -2.25. The highest BCUT2D eigenvalue weighted by Crippen LogP contribution is 2.34. The highest BCUT2D eigenvalue weighted by Gasteiger charge is 2.17. The van der Waals surface area contributed by atoms with Crippen LogP contribution in [-0.4, -0.2) is 35.2 Å². The van der Waals surface area contributed by atoms with E-state index in [1.54, 1.807) is 36.8 Å². The highest BCUT2D eigenvalue weighted by molar-refractivity contribution is 7.14. The molecule has 5 rings (SSSR count). The molecule has 1 saturated heterocycles. The molecule has 148 valence electrons. The van der Waals surface area contributed by atoms with Crippen LogP contribution in [-0.2, 0) is 0 Å². The summed E-state index contributed by atoms with van der Waals surface area (Å²) in [5.74, 6) is 1.16. The van der Waals surface area contributed by atoms with Gasteiger partial charge in [0.05, 0.1) is 35.8 Å². The van der Waals surface area contributed by atoms with Gasteiger partial charge in [-0.1, -0.05) is 0 Å². The number of methoxy groups -OCH3 is 1. The monoisotopic (exact) mass is 408 g/mol. The Bertz CT molecular complexity index is 1210. The van der Waals surface area contributed by atoms with Crippen LogP contribution in [0.3, 0.4) is 0 Å². The van der Waals surface area contributed by atoms with Crippen molar-refractivity contribution in [3.63, 3.8) is 0 Å². The van der Waals surface area contributed by atoms with Crippen molar-refractivity contribution < 1.29 is 9.15 Å². The Morgan fingerprint density at radius 1 is 1.21 bits per heavy atom. The Labute approximate surface area is 171 Å². The number of rotatable bonds is 4. The lowest BCUT2D eigenvalue weighted by atomic mass is 10.1. The van der Waals surface area contributed by atoms with Gasteiger partial charge in [0.25, 0.3) is 0 Å². The zero-order chi connectivity index (χ0) is 19.8. The number of ether oxygens (including phenoxy) is 1. The van der Waals surface area contributed by atoms with Gasteiger partial charge in [0, 0.05) is 36.0 Å². The number of hydrogen-bond donors (Lipinski definition) is 1. The number of fused-ring (bicyclic) bond motifs is 1. The molecule has 0 aliphatic carbocycles. The molecule has 0 spiro atoms. The summed E-state index contributed by atoms with van der Waals surface area (Å²) in [6, 6.07) is 5.20. The molecule has 0 bridgehead atoms. The first-order chi connectivity index (χ1) is 14.2. The molecule has 1 aromatic carbocycles. The van der Waals surface area contributed by atoms with E-state index in [1.165, 1.54) is 25.7 Å². The molecule has 1 aliphatic rings. The van der Waals surface area contributed by atoms with E-state index in [-0.39, 0.29) is 5.43 Å². The lowest BCUT2D eigenvalue weighted by molar-refractivity contribution is 0.415. The summed E-state index contributed by atoms with van der Waals surface area (Å²) in [6.07, 6.45) is 6.65. The standard InChI is InChI=1S/C21H20N4O3S/c1-27-19-9-15-13(7-14(19)20-10-22-12-28-20)18(26)8-16(23-15)17-11-29-21(24-17)25-5-3-2-4-6-25/h7-12H,2-6H2,1H3,(H,23,26). The molecule has 4 heterocycles. The summed E-state index contributed by atoms with van der Waals surface area (Å²) in [5.41, 5.74) is 2.80. The van der Waals surface area contributed by atoms with Crippen molar-refractivity contribution in [3.05, 3.63) is 46.4 Å². The minimum Gasteiger partial charge on any atom is -0.496 e. The number of aromatic nitrogens is 3. The average Bonchev–Trinajstić information content (AvgIpc) is 3.46. The van der Waals surface area contributed by atoms with E-state index in [9.17, 15) is 4.79 Å². The van der Waals surface area contributed by atoms with Gasteiger partial charge in [-0.15, -0.1) is 11.3 Å². The number of benzene rings is 1. The summed E-state index contributed by atoms with van der Waals surface area (Å²) < 4.78 is 10.9. The summed E-state index contributed by atoms with van der Waals surface area (Å²) >= 11 is 1.62. The molecule has 0 radical (unpaired) electrons. The number of oxazole rings is 1. The maximum atomic E-state index is 12.9. The van der Waals surface area contributed by atoms with Gasteiger partial charge in [0.2, 0.25) is 0 Å². The number of piperidine rings is 1. The van der Waals surface area contributed by atoms with Gasteiger partial charge in [-0.25, -0.2) is 9.97 Å². The molecule has 3 aromatic heterocycles. The summed E-state index contributed by atoms with van der Waals surface area (Å²) in [7, 11) is 1.59. The van der Waals surface area contributed by atoms with Gasteiger partial charge in [-0.2, -0.15) is 0 Å². The molecule has 0 atom stereocenters. The normalized spacial score (nSPS) is 14.4. The quantitative estimate of drug-likeness (QED) is 0.542. The van der Waals surface area contributed by atoms with E-state index in [1.807, 2.05) is 11.4 Å². The first kappa shape index (κ1) is 17.9. The van der Waals surface area contributed by atoms with Crippen LogP contribution in [0.5, 0.6) is 5.75 Å². The number of nitrogens with one attached hydrogen (secondary N) is 1. The molecule has 0 saturated carbocycles. The average molecular weight is 408 g/mol. The van der Waals surface area contributed by atoms with Crippen molar-refractivity contribution in [1.29, 1.82) is 0 Å². The fraction of sp³-hybridized carbons (Fsp3) is 0.286. The highest BCUT2D eigenvalue weighted by atomic mass is 32.1. The lowest BCUT2D eigenvalue weighted by Crippen LogP contribution is -2.29. The minimum absolute atomic E-state index is 0.0790. The second-order valence-electron chi connectivity index (χ2n) is 7.07. The van der Waals surface area contributed by atoms with Crippen LogP contribution in [0.4, 0.5) is 5.13 Å². The number of H-pyrrole nitrogens is 1. The van der Waals surface area contributed by atoms with Gasteiger partial charge in [-0.05, 0) is 25.3 Å². The van der Waals surface area contributed by atoms with Crippen molar-refractivity contribution in [2.45, 2.75) is 19.3 Å². The number of pyridine rings is 1. The molecule has 4 aromatic rings. The predicted octanol–water partition coefficient (Wildman–Crippen LogP) is 4.31. The fourth-order valence-electron chi connectivity index (χ4n) is 3.74. The summed E-state index contributed by atoms with van der Waals surface area (Å²) in [5, 5.41) is 3.58. The summed E-state index contributed by atoms with van der Waals surface area (Å²) in [6.45, 7) is 2.09. The Hall–Kier alpha value is -3.13. The van der Waals surface area contributed by atoms with Crippen molar-refractivity contribution in [2.24, 2.45) is 0 Å². The topological polar surface area (TPSA) is 84.2 Å². The van der Waals surface area contributed by atoms with Crippen LogP contribution in [0.2, 0.25) is 0 Å². The Balaban J connectivity index is 1.57. The third-order valence-corrected chi connectivity index (χ3v) is 6.14. The fourth-order valence-corrected chi connectivity index (χ4v) is 4.62. The third kappa shape index (κ3) is 3.29. The van der Waals surface area contributed by atoms with Gasteiger partial charge in [0.1, 0.15) is 5.75 Å². The van der Waals surface area contributed by atoms with Gasteiger partial charge < -0.3 is 19.0 Å². The Morgan fingerprint density at radius 2 is 2.07 bits per heavy atom. The van der Waals surface area contributed by atoms with E-state index >= 15 is 0 Å². The molecule has 0 unspecified atom stereocenters. The van der Waals surface area contributed by atoms with Gasteiger partial charge in [0.15, 0.2) is 22.7 Å². The van der Waals surface area contributed by atoms with E-state index in [0.29, 0.717) is 33.7 Å². The molecule has 1 fully saturated rings. The number of anilines is 1. The number of aromatic amines is 1. The van der Waals surface area contributed by atoms with E-state index in [4.69, 9.17) is 14.1 Å². The van der Waals surface area contributed by atoms with Crippen LogP contribution >= 0.6 is 11.3 Å². The zero-order valence-corrected chi connectivity index (χ0v) is 16.8. The maximum absolute atomic E-state index is 12.9. The van der Waals surface area contributed by atoms with Gasteiger partial charge in [-0.3, -0.25) is 4.79 Å². The second kappa shape index (κ2) is 7.36. The molecule has 1 N–H and O–H groups in total. The van der Waals surface area contributed by atoms with Crippen LogP contribution < -0.4 is 15.1 Å². The summed E-state index contributed by atoms with van der Waals surface area (Å²) in [4.78, 5) is 27.3. The molecule has 1 aliphatic heterocycles. The smallest absolute Gasteiger partial charge is 0.190 e. The Morgan fingerprint density at radius 3 is 2.83 bits per heavy atom. The van der Waals surface area contributed by atoms with Crippen molar-refractivity contribution >= 4 is 27.4 Å². The minimum atomic E-state index is -0.0790. The van der Waals surface area contributed by atoms with Gasteiger partial charge >= 0.3 is 0 Å². The second-order valence-corrected chi connectivity index (χ2v) is 7.91. The first-order valence-corrected chi connectivity index (χ1v) is 10.5. The predicted molar refractivity (Wildman–Crippen MR) is 114 cm³/mol. The number of nitrogens with zero attached hydrogens (tertiary/aromatic N) is 3. The van der Waals surface area contributed by atoms with Crippen molar-refractivity contribution in [1.82, 2.24) is 15.0 Å². The molecular weight excluding hydrogens is 388 g/mol.